The molecule has 2 aromatic heterocycles. The molecule has 0 fully saturated rings. The van der Waals surface area contributed by atoms with Crippen molar-refractivity contribution in [1.29, 1.82) is 0 Å². The maximum absolute atomic E-state index is 7.07. The van der Waals surface area contributed by atoms with Gasteiger partial charge in [0.2, 0.25) is 0 Å². The molecule has 0 radical (unpaired) electrons. The zero-order chi connectivity index (χ0) is 16.4. The number of imidazole rings is 1. The van der Waals surface area contributed by atoms with Crippen molar-refractivity contribution in [3.05, 3.63) is 90.4 Å². The highest BCUT2D eigenvalue weighted by Crippen LogP contribution is 2.36. The maximum atomic E-state index is 7.07. The van der Waals surface area contributed by atoms with E-state index in [4.69, 9.17) is 11.6 Å². The van der Waals surface area contributed by atoms with Crippen molar-refractivity contribution < 1.29 is 0 Å². The summed E-state index contributed by atoms with van der Waals surface area (Å²) in [6, 6.07) is 23.9. The molecule has 4 rings (SSSR count). The lowest BCUT2D eigenvalue weighted by Gasteiger charge is -2.05. The van der Waals surface area contributed by atoms with Crippen molar-refractivity contribution in [3.8, 4) is 11.3 Å². The number of benzene rings is 2. The van der Waals surface area contributed by atoms with E-state index in [1.54, 1.807) is 11.8 Å². The third-order valence-electron chi connectivity index (χ3n) is 3.71. The van der Waals surface area contributed by atoms with Gasteiger partial charge in [-0.3, -0.25) is 4.40 Å². The van der Waals surface area contributed by atoms with E-state index in [0.29, 0.717) is 5.69 Å². The lowest BCUT2D eigenvalue weighted by Crippen LogP contribution is -1.86. The number of hydrogen-bond donors (Lipinski definition) is 0. The first-order chi connectivity index (χ1) is 11.8. The Kier molecular flexibility index (Phi) is 3.78. The molecule has 0 aliphatic heterocycles. The van der Waals surface area contributed by atoms with Crippen LogP contribution in [0.5, 0.6) is 0 Å². The summed E-state index contributed by atoms with van der Waals surface area (Å²) in [4.78, 5) is 9.34. The Morgan fingerprint density at radius 1 is 0.875 bits per heavy atom. The molecule has 4 heteroatoms. The van der Waals surface area contributed by atoms with Crippen LogP contribution in [0.2, 0.25) is 0 Å². The van der Waals surface area contributed by atoms with Crippen LogP contribution in [0.1, 0.15) is 0 Å². The standard InChI is InChI=1S/C20H13N3S/c1-21-16-10-12-17(13-11-16)24-20-19(15-7-3-2-4-8-15)22-18-9-5-6-14-23(18)20/h2-14H. The molecule has 2 aromatic carbocycles. The third kappa shape index (κ3) is 2.66. The fraction of sp³-hybridized carbons (Fsp3) is 0. The number of rotatable bonds is 3. The highest BCUT2D eigenvalue weighted by Gasteiger charge is 2.14. The van der Waals surface area contributed by atoms with E-state index < -0.39 is 0 Å². The summed E-state index contributed by atoms with van der Waals surface area (Å²) < 4.78 is 2.11. The van der Waals surface area contributed by atoms with E-state index in [1.807, 2.05) is 66.9 Å². The van der Waals surface area contributed by atoms with Crippen LogP contribution in [0.3, 0.4) is 0 Å². The van der Waals surface area contributed by atoms with Gasteiger partial charge in [-0.05, 0) is 12.1 Å². The van der Waals surface area contributed by atoms with E-state index in [2.05, 4.69) is 21.4 Å². The first-order valence-corrected chi connectivity index (χ1v) is 8.35. The molecule has 114 valence electrons. The summed E-state index contributed by atoms with van der Waals surface area (Å²) in [6.07, 6.45) is 2.03. The molecule has 0 saturated heterocycles. The van der Waals surface area contributed by atoms with Crippen molar-refractivity contribution in [2.75, 3.05) is 0 Å². The van der Waals surface area contributed by atoms with Gasteiger partial charge in [0.25, 0.3) is 0 Å². The normalized spacial score (nSPS) is 10.6. The lowest BCUT2D eigenvalue weighted by molar-refractivity contribution is 1.05. The molecule has 0 bridgehead atoms. The van der Waals surface area contributed by atoms with Gasteiger partial charge in [0.1, 0.15) is 16.4 Å². The van der Waals surface area contributed by atoms with E-state index in [1.165, 1.54) is 0 Å². The van der Waals surface area contributed by atoms with Crippen LogP contribution >= 0.6 is 11.8 Å². The molecule has 3 nitrogen and oxygen atoms in total. The van der Waals surface area contributed by atoms with Gasteiger partial charge in [-0.1, -0.05) is 72.4 Å². The summed E-state index contributed by atoms with van der Waals surface area (Å²) in [5, 5.41) is 1.08. The second-order valence-electron chi connectivity index (χ2n) is 5.27. The highest BCUT2D eigenvalue weighted by atomic mass is 32.2. The Labute approximate surface area is 144 Å². The van der Waals surface area contributed by atoms with Gasteiger partial charge in [-0.25, -0.2) is 9.83 Å². The fourth-order valence-corrected chi connectivity index (χ4v) is 3.56. The topological polar surface area (TPSA) is 21.7 Å². The Morgan fingerprint density at radius 3 is 2.38 bits per heavy atom. The van der Waals surface area contributed by atoms with Gasteiger partial charge >= 0.3 is 0 Å². The average Bonchev–Trinajstić information content (AvgIpc) is 3.02. The number of aromatic nitrogens is 2. The predicted octanol–water partition coefficient (Wildman–Crippen LogP) is 5.70. The molecule has 0 unspecified atom stereocenters. The van der Waals surface area contributed by atoms with Crippen LogP contribution in [-0.2, 0) is 0 Å². The highest BCUT2D eigenvalue weighted by molar-refractivity contribution is 7.99. The Balaban J connectivity index is 1.84. The first-order valence-electron chi connectivity index (χ1n) is 7.53. The zero-order valence-corrected chi connectivity index (χ0v) is 13.6. The monoisotopic (exact) mass is 327 g/mol. The van der Waals surface area contributed by atoms with Gasteiger partial charge in [0.05, 0.1) is 6.57 Å². The summed E-state index contributed by atoms with van der Waals surface area (Å²) >= 11 is 1.66. The second kappa shape index (κ2) is 6.23. The van der Waals surface area contributed by atoms with Gasteiger partial charge in [0.15, 0.2) is 5.69 Å². The Morgan fingerprint density at radius 2 is 1.62 bits per heavy atom. The molecule has 0 aliphatic carbocycles. The quantitative estimate of drug-likeness (QED) is 0.450. The summed E-state index contributed by atoms with van der Waals surface area (Å²) in [6.45, 7) is 7.07. The first kappa shape index (κ1) is 14.6. The third-order valence-corrected chi connectivity index (χ3v) is 4.80. The van der Waals surface area contributed by atoms with Crippen LogP contribution in [0, 0.1) is 6.57 Å². The molecule has 0 atom stereocenters. The Hall–Kier alpha value is -3.03. The average molecular weight is 327 g/mol. The number of fused-ring (bicyclic) bond motifs is 1. The van der Waals surface area contributed by atoms with Gasteiger partial charge in [-0.2, -0.15) is 0 Å². The van der Waals surface area contributed by atoms with Crippen LogP contribution < -0.4 is 0 Å². The van der Waals surface area contributed by atoms with E-state index in [0.717, 1.165) is 26.8 Å². The van der Waals surface area contributed by atoms with Crippen molar-refractivity contribution in [2.24, 2.45) is 0 Å². The number of nitrogens with zero attached hydrogens (tertiary/aromatic N) is 3. The molecular weight excluding hydrogens is 314 g/mol. The zero-order valence-electron chi connectivity index (χ0n) is 12.8. The Bertz CT molecular complexity index is 1030. The van der Waals surface area contributed by atoms with E-state index >= 15 is 0 Å². The SMILES string of the molecule is [C-]#[N+]c1ccc(Sc2c(-c3ccccc3)nc3ccccn23)cc1. The molecule has 0 N–H and O–H groups in total. The predicted molar refractivity (Wildman–Crippen MR) is 97.5 cm³/mol. The number of hydrogen-bond acceptors (Lipinski definition) is 2. The van der Waals surface area contributed by atoms with Crippen LogP contribution in [0.25, 0.3) is 21.7 Å². The summed E-state index contributed by atoms with van der Waals surface area (Å²) in [7, 11) is 0. The second-order valence-corrected chi connectivity index (χ2v) is 6.33. The minimum absolute atomic E-state index is 0.653. The smallest absolute Gasteiger partial charge is 0.187 e. The molecule has 2 heterocycles. The fourth-order valence-electron chi connectivity index (χ4n) is 2.56. The molecule has 0 aliphatic rings. The van der Waals surface area contributed by atoms with Crippen molar-refractivity contribution in [2.45, 2.75) is 9.92 Å². The molecule has 0 spiro atoms. The minimum Gasteiger partial charge on any atom is -0.294 e. The lowest BCUT2D eigenvalue weighted by atomic mass is 10.2. The number of pyridine rings is 1. The molecule has 0 amide bonds. The summed E-state index contributed by atoms with van der Waals surface area (Å²) in [5.41, 5.74) is 3.65. The minimum atomic E-state index is 0.653. The van der Waals surface area contributed by atoms with Gasteiger partial charge < -0.3 is 0 Å². The van der Waals surface area contributed by atoms with Crippen LogP contribution in [0.15, 0.2) is 88.9 Å². The molecule has 24 heavy (non-hydrogen) atoms. The maximum Gasteiger partial charge on any atom is 0.187 e. The van der Waals surface area contributed by atoms with Gasteiger partial charge in [-0.15, -0.1) is 0 Å². The van der Waals surface area contributed by atoms with Gasteiger partial charge in [0, 0.05) is 16.7 Å². The molecule has 0 saturated carbocycles. The summed E-state index contributed by atoms with van der Waals surface area (Å²) in [5.74, 6) is 0. The largest absolute Gasteiger partial charge is 0.294 e. The van der Waals surface area contributed by atoms with Crippen molar-refractivity contribution in [1.82, 2.24) is 9.38 Å². The van der Waals surface area contributed by atoms with Crippen LogP contribution in [-0.4, -0.2) is 9.38 Å². The molecular formula is C20H13N3S. The van der Waals surface area contributed by atoms with E-state index in [-0.39, 0.29) is 0 Å². The van der Waals surface area contributed by atoms with Crippen molar-refractivity contribution in [3.63, 3.8) is 0 Å². The van der Waals surface area contributed by atoms with Crippen LogP contribution in [0.4, 0.5) is 5.69 Å². The van der Waals surface area contributed by atoms with Crippen molar-refractivity contribution >= 4 is 23.1 Å². The van der Waals surface area contributed by atoms with E-state index in [9.17, 15) is 0 Å². The molecule has 4 aromatic rings.